The average molecular weight is 204 g/mol. The van der Waals surface area contributed by atoms with Crippen molar-refractivity contribution >= 4 is 6.41 Å². The van der Waals surface area contributed by atoms with Gasteiger partial charge in [-0.3, -0.25) is 4.79 Å². The fourth-order valence-corrected chi connectivity index (χ4v) is 0.592. The summed E-state index contributed by atoms with van der Waals surface area (Å²) in [6, 6.07) is 0. The molecule has 0 aromatic heterocycles. The van der Waals surface area contributed by atoms with E-state index >= 15 is 0 Å². The van der Waals surface area contributed by atoms with Crippen molar-refractivity contribution in [2.45, 2.75) is 24.9 Å². The van der Waals surface area contributed by atoms with Crippen LogP contribution in [0.2, 0.25) is 0 Å². The molecule has 0 rings (SSSR count). The Kier molecular flexibility index (Phi) is 4.09. The van der Waals surface area contributed by atoms with Crippen LogP contribution in [-0.2, 0) is 4.79 Å². The molecular formula is C6H7F5NO. The summed E-state index contributed by atoms with van der Waals surface area (Å²) >= 11 is 0. The van der Waals surface area contributed by atoms with Gasteiger partial charge in [0, 0.05) is 13.0 Å². The number of hydrogen-bond donors (Lipinski definition) is 1. The first-order chi connectivity index (χ1) is 5.81. The maximum Gasteiger partial charge on any atom is 0.453 e. The second-order valence-electron chi connectivity index (χ2n) is 2.33. The third-order valence-corrected chi connectivity index (χ3v) is 1.28. The Morgan fingerprint density at radius 1 is 1.15 bits per heavy atom. The Morgan fingerprint density at radius 3 is 2.08 bits per heavy atom. The number of carbonyl (C=O) groups excluding carboxylic acids is 1. The minimum Gasteiger partial charge on any atom is -0.348 e. The van der Waals surface area contributed by atoms with Gasteiger partial charge in [-0.05, 0) is 6.42 Å². The maximum atomic E-state index is 12.1. The van der Waals surface area contributed by atoms with Gasteiger partial charge in [0.25, 0.3) is 0 Å². The molecule has 0 aliphatic rings. The van der Waals surface area contributed by atoms with Crippen LogP contribution in [0.3, 0.4) is 0 Å². The fraction of sp³-hybridized carbons (Fsp3) is 0.833. The second kappa shape index (κ2) is 4.38. The summed E-state index contributed by atoms with van der Waals surface area (Å²) in [5.74, 6) is -4.68. The molecule has 1 radical (unpaired) electrons. The highest BCUT2D eigenvalue weighted by molar-refractivity contribution is 5.46. The van der Waals surface area contributed by atoms with Gasteiger partial charge in [-0.1, -0.05) is 0 Å². The molecule has 2 nitrogen and oxygen atoms in total. The van der Waals surface area contributed by atoms with Gasteiger partial charge in [-0.15, -0.1) is 0 Å². The average Bonchev–Trinajstić information content (AvgIpc) is 1.96. The first-order valence-electron chi connectivity index (χ1n) is 3.36. The Bertz CT molecular complexity index is 167. The molecule has 1 amide bonds. The number of nitrogens with one attached hydrogen (secondary N) is 1. The van der Waals surface area contributed by atoms with E-state index in [0.29, 0.717) is 0 Å². The van der Waals surface area contributed by atoms with Crippen molar-refractivity contribution in [3.05, 3.63) is 0 Å². The fourth-order valence-electron chi connectivity index (χ4n) is 0.592. The van der Waals surface area contributed by atoms with Crippen LogP contribution in [0, 0.1) is 0 Å². The lowest BCUT2D eigenvalue weighted by atomic mass is 10.2. The van der Waals surface area contributed by atoms with Crippen molar-refractivity contribution in [2.75, 3.05) is 6.54 Å². The molecule has 13 heavy (non-hydrogen) atoms. The lowest BCUT2D eigenvalue weighted by Crippen LogP contribution is -2.36. The summed E-state index contributed by atoms with van der Waals surface area (Å²) in [5.41, 5.74) is 0. The molecule has 0 aromatic rings. The minimum atomic E-state index is -5.52. The van der Waals surface area contributed by atoms with E-state index in [-0.39, 0.29) is 6.54 Å². The van der Waals surface area contributed by atoms with E-state index in [1.807, 2.05) is 5.32 Å². The number of alkyl halides is 5. The van der Waals surface area contributed by atoms with E-state index in [0.717, 1.165) is 0 Å². The topological polar surface area (TPSA) is 29.1 Å². The molecule has 0 saturated carbocycles. The molecule has 1 N–H and O–H groups in total. The minimum absolute atomic E-state index is 0.241. The van der Waals surface area contributed by atoms with Gasteiger partial charge < -0.3 is 5.32 Å². The summed E-state index contributed by atoms with van der Waals surface area (Å²) in [5, 5.41) is 1.87. The lowest BCUT2D eigenvalue weighted by molar-refractivity contribution is -0.284. The monoisotopic (exact) mass is 204 g/mol. The highest BCUT2D eigenvalue weighted by Crippen LogP contribution is 2.38. The van der Waals surface area contributed by atoms with E-state index in [2.05, 4.69) is 0 Å². The summed E-state index contributed by atoms with van der Waals surface area (Å²) in [6.45, 7) is -0.241. The van der Waals surface area contributed by atoms with Crippen molar-refractivity contribution in [2.24, 2.45) is 0 Å². The summed E-state index contributed by atoms with van der Waals surface area (Å²) in [6.07, 6.45) is -6.12. The smallest absolute Gasteiger partial charge is 0.348 e. The largest absolute Gasteiger partial charge is 0.453 e. The normalized spacial score (nSPS) is 12.7. The SMILES string of the molecule is O=[C]NCCCC(F)(F)C(F)(F)F. The van der Waals surface area contributed by atoms with Gasteiger partial charge in [-0.25, -0.2) is 0 Å². The van der Waals surface area contributed by atoms with Crippen LogP contribution < -0.4 is 5.32 Å². The Morgan fingerprint density at radius 2 is 1.69 bits per heavy atom. The van der Waals surface area contributed by atoms with E-state index in [4.69, 9.17) is 0 Å². The Labute approximate surface area is 71.1 Å². The first kappa shape index (κ1) is 12.1. The van der Waals surface area contributed by atoms with E-state index < -0.39 is 24.9 Å². The van der Waals surface area contributed by atoms with Gasteiger partial charge in [-0.2, -0.15) is 22.0 Å². The van der Waals surface area contributed by atoms with Gasteiger partial charge in [0.15, 0.2) is 0 Å². The molecule has 0 unspecified atom stereocenters. The number of hydrogen-bond acceptors (Lipinski definition) is 1. The molecule has 0 fully saturated rings. The number of rotatable bonds is 5. The standard InChI is InChI=1S/C6H7F5NO/c7-5(8,6(9,10)11)2-1-3-12-4-13/h1-3H2,(H,12,13). The second-order valence-corrected chi connectivity index (χ2v) is 2.33. The summed E-state index contributed by atoms with van der Waals surface area (Å²) in [7, 11) is 0. The third kappa shape index (κ3) is 4.05. The van der Waals surface area contributed by atoms with E-state index in [1.165, 1.54) is 6.41 Å². The van der Waals surface area contributed by atoms with Crippen molar-refractivity contribution in [1.29, 1.82) is 0 Å². The highest BCUT2D eigenvalue weighted by Gasteiger charge is 2.56. The van der Waals surface area contributed by atoms with Crippen LogP contribution in [0.4, 0.5) is 22.0 Å². The van der Waals surface area contributed by atoms with Crippen molar-refractivity contribution < 1.29 is 26.7 Å². The zero-order valence-electron chi connectivity index (χ0n) is 6.42. The molecule has 7 heteroatoms. The molecule has 0 heterocycles. The molecule has 0 spiro atoms. The lowest BCUT2D eigenvalue weighted by Gasteiger charge is -2.18. The quantitative estimate of drug-likeness (QED) is 0.411. The molecule has 0 atom stereocenters. The predicted molar refractivity (Wildman–Crippen MR) is 33.9 cm³/mol. The maximum absolute atomic E-state index is 12.1. The van der Waals surface area contributed by atoms with Crippen LogP contribution in [-0.4, -0.2) is 25.1 Å². The van der Waals surface area contributed by atoms with Gasteiger partial charge in [0.2, 0.25) is 0 Å². The van der Waals surface area contributed by atoms with Crippen molar-refractivity contribution in [3.8, 4) is 0 Å². The molecular weight excluding hydrogens is 197 g/mol. The van der Waals surface area contributed by atoms with Crippen LogP contribution in [0.15, 0.2) is 0 Å². The van der Waals surface area contributed by atoms with Crippen molar-refractivity contribution in [3.63, 3.8) is 0 Å². The van der Waals surface area contributed by atoms with Gasteiger partial charge in [0.05, 0.1) is 0 Å². The zero-order chi connectivity index (χ0) is 10.5. The molecule has 0 bridgehead atoms. The first-order valence-corrected chi connectivity index (χ1v) is 3.36. The predicted octanol–water partition coefficient (Wildman–Crippen LogP) is 1.62. The molecule has 0 saturated heterocycles. The van der Waals surface area contributed by atoms with Gasteiger partial charge >= 0.3 is 18.5 Å². The Hall–Kier alpha value is -0.880. The zero-order valence-corrected chi connectivity index (χ0v) is 6.42. The summed E-state index contributed by atoms with van der Waals surface area (Å²) in [4.78, 5) is 9.48. The highest BCUT2D eigenvalue weighted by atomic mass is 19.4. The van der Waals surface area contributed by atoms with Crippen LogP contribution in [0.1, 0.15) is 12.8 Å². The number of amides is 1. The van der Waals surface area contributed by atoms with E-state index in [9.17, 15) is 26.7 Å². The molecule has 0 aromatic carbocycles. The van der Waals surface area contributed by atoms with Crippen molar-refractivity contribution in [1.82, 2.24) is 5.32 Å². The molecule has 0 aliphatic heterocycles. The third-order valence-electron chi connectivity index (χ3n) is 1.28. The molecule has 77 valence electrons. The Balaban J connectivity index is 3.83. The number of halogens is 5. The van der Waals surface area contributed by atoms with Crippen LogP contribution in [0.25, 0.3) is 0 Å². The van der Waals surface area contributed by atoms with Gasteiger partial charge in [0.1, 0.15) is 0 Å². The van der Waals surface area contributed by atoms with Crippen LogP contribution >= 0.6 is 0 Å². The van der Waals surface area contributed by atoms with Crippen LogP contribution in [0.5, 0.6) is 0 Å². The molecule has 0 aliphatic carbocycles. The van der Waals surface area contributed by atoms with E-state index in [1.54, 1.807) is 0 Å². The summed E-state index contributed by atoms with van der Waals surface area (Å²) < 4.78 is 58.7.